The van der Waals surface area contributed by atoms with Crippen molar-refractivity contribution in [2.75, 3.05) is 5.32 Å². The maximum Gasteiger partial charge on any atom is 0.257 e. The first kappa shape index (κ1) is 17.2. The number of halogens is 2. The van der Waals surface area contributed by atoms with Crippen LogP contribution in [0.25, 0.3) is 10.9 Å². The molecule has 0 saturated carbocycles. The molecule has 3 aromatic rings. The van der Waals surface area contributed by atoms with Crippen molar-refractivity contribution >= 4 is 34.1 Å². The van der Waals surface area contributed by atoms with Crippen LogP contribution in [0, 0.1) is 5.82 Å². The monoisotopic (exact) mass is 358 g/mol. The summed E-state index contributed by atoms with van der Waals surface area (Å²) in [6.45, 7) is 4.03. The summed E-state index contributed by atoms with van der Waals surface area (Å²) in [6.07, 6.45) is 0. The van der Waals surface area contributed by atoms with Crippen molar-refractivity contribution in [2.45, 2.75) is 19.8 Å². The summed E-state index contributed by atoms with van der Waals surface area (Å²) in [4.78, 5) is 27.0. The third-order valence-electron chi connectivity index (χ3n) is 3.93. The molecule has 0 aliphatic carbocycles. The molecule has 1 heterocycles. The van der Waals surface area contributed by atoms with Gasteiger partial charge in [0.2, 0.25) is 5.56 Å². The Labute approximate surface area is 148 Å². The molecule has 0 radical (unpaired) electrons. The van der Waals surface area contributed by atoms with Crippen LogP contribution in [0.1, 0.15) is 35.7 Å². The van der Waals surface area contributed by atoms with Crippen molar-refractivity contribution in [3.8, 4) is 0 Å². The van der Waals surface area contributed by atoms with Crippen molar-refractivity contribution < 1.29 is 9.18 Å². The number of aromatic amines is 1. The average Bonchev–Trinajstić information content (AvgIpc) is 2.53. The molecule has 4 nitrogen and oxygen atoms in total. The normalized spacial score (nSPS) is 11.1. The largest absolute Gasteiger partial charge is 0.322 e. The highest BCUT2D eigenvalue weighted by atomic mass is 35.5. The molecule has 0 spiro atoms. The summed E-state index contributed by atoms with van der Waals surface area (Å²) in [7, 11) is 0. The van der Waals surface area contributed by atoms with E-state index in [1.807, 2.05) is 19.9 Å². The fraction of sp³-hybridized carbons (Fsp3) is 0.158. The number of carbonyl (C=O) groups excluding carboxylic acids is 1. The Bertz CT molecular complexity index is 1030. The minimum atomic E-state index is -0.508. The first-order chi connectivity index (χ1) is 11.8. The number of fused-ring (bicyclic) bond motifs is 1. The zero-order chi connectivity index (χ0) is 18.1. The number of H-pyrrole nitrogens is 1. The van der Waals surface area contributed by atoms with E-state index in [2.05, 4.69) is 10.3 Å². The minimum absolute atomic E-state index is 0.0359. The highest BCUT2D eigenvalue weighted by Crippen LogP contribution is 2.25. The maximum absolute atomic E-state index is 13.1. The van der Waals surface area contributed by atoms with Gasteiger partial charge in [-0.25, -0.2) is 4.39 Å². The summed E-state index contributed by atoms with van der Waals surface area (Å²) in [5.41, 5.74) is 2.07. The summed E-state index contributed by atoms with van der Waals surface area (Å²) in [5.74, 6) is -0.763. The standard InChI is InChI=1S/C19H16ClFN2O2/c1-10(2)15-9-18(24)23-17-8-12(4-6-13(15)17)22-19(25)14-5-3-11(21)7-16(14)20/h3-10H,1-2H3,(H,22,25)(H,23,24). The smallest absolute Gasteiger partial charge is 0.257 e. The maximum atomic E-state index is 13.1. The quantitative estimate of drug-likeness (QED) is 0.713. The molecule has 3 rings (SSSR count). The molecule has 1 aromatic heterocycles. The Morgan fingerprint density at radius 3 is 2.60 bits per heavy atom. The van der Waals surface area contributed by atoms with Gasteiger partial charge in [0.05, 0.1) is 16.1 Å². The number of amides is 1. The van der Waals surface area contributed by atoms with Crippen LogP contribution in [0.15, 0.2) is 47.3 Å². The van der Waals surface area contributed by atoms with E-state index in [0.29, 0.717) is 11.2 Å². The van der Waals surface area contributed by atoms with Gasteiger partial charge in [-0.15, -0.1) is 0 Å². The zero-order valence-corrected chi connectivity index (χ0v) is 14.4. The molecule has 0 saturated heterocycles. The Kier molecular flexibility index (Phi) is 4.59. The fourth-order valence-electron chi connectivity index (χ4n) is 2.71. The Balaban J connectivity index is 1.97. The molecule has 2 aromatic carbocycles. The van der Waals surface area contributed by atoms with Gasteiger partial charge in [-0.05, 0) is 41.8 Å². The van der Waals surface area contributed by atoms with Crippen LogP contribution in [0.2, 0.25) is 5.02 Å². The van der Waals surface area contributed by atoms with Gasteiger partial charge in [0.15, 0.2) is 0 Å². The van der Waals surface area contributed by atoms with Crippen molar-refractivity contribution in [1.82, 2.24) is 4.98 Å². The van der Waals surface area contributed by atoms with Gasteiger partial charge in [0, 0.05) is 17.1 Å². The number of nitrogens with one attached hydrogen (secondary N) is 2. The molecule has 2 N–H and O–H groups in total. The minimum Gasteiger partial charge on any atom is -0.322 e. The Morgan fingerprint density at radius 2 is 1.92 bits per heavy atom. The third kappa shape index (κ3) is 3.56. The first-order valence-electron chi connectivity index (χ1n) is 7.78. The van der Waals surface area contributed by atoms with Crippen LogP contribution in [-0.2, 0) is 0 Å². The van der Waals surface area contributed by atoms with Crippen molar-refractivity contribution in [1.29, 1.82) is 0 Å². The van der Waals surface area contributed by atoms with E-state index < -0.39 is 11.7 Å². The van der Waals surface area contributed by atoms with Gasteiger partial charge in [-0.1, -0.05) is 31.5 Å². The van der Waals surface area contributed by atoms with E-state index in [4.69, 9.17) is 11.6 Å². The Morgan fingerprint density at radius 1 is 1.16 bits per heavy atom. The van der Waals surface area contributed by atoms with Crippen molar-refractivity contribution in [3.05, 3.63) is 74.8 Å². The molecule has 128 valence electrons. The van der Waals surface area contributed by atoms with E-state index >= 15 is 0 Å². The summed E-state index contributed by atoms with van der Waals surface area (Å²) >= 11 is 5.91. The topological polar surface area (TPSA) is 62.0 Å². The predicted molar refractivity (Wildman–Crippen MR) is 98.0 cm³/mol. The molecular formula is C19H16ClFN2O2. The highest BCUT2D eigenvalue weighted by Gasteiger charge is 2.13. The second-order valence-corrected chi connectivity index (χ2v) is 6.49. The number of pyridine rings is 1. The lowest BCUT2D eigenvalue weighted by Crippen LogP contribution is -2.13. The van der Waals surface area contributed by atoms with Gasteiger partial charge in [0.25, 0.3) is 5.91 Å². The predicted octanol–water partition coefficient (Wildman–Crippen LogP) is 4.70. The number of anilines is 1. The van der Waals surface area contributed by atoms with Crippen LogP contribution >= 0.6 is 11.6 Å². The van der Waals surface area contributed by atoms with Crippen LogP contribution in [0.4, 0.5) is 10.1 Å². The van der Waals surface area contributed by atoms with E-state index in [9.17, 15) is 14.0 Å². The lowest BCUT2D eigenvalue weighted by Gasteiger charge is -2.12. The number of carbonyl (C=O) groups is 1. The molecule has 0 aliphatic rings. The van der Waals surface area contributed by atoms with E-state index in [1.165, 1.54) is 12.1 Å². The number of hydrogen-bond acceptors (Lipinski definition) is 2. The lowest BCUT2D eigenvalue weighted by atomic mass is 9.99. The molecule has 0 atom stereocenters. The third-order valence-corrected chi connectivity index (χ3v) is 4.24. The molecule has 25 heavy (non-hydrogen) atoms. The number of rotatable bonds is 3. The van der Waals surface area contributed by atoms with E-state index in [1.54, 1.807) is 18.2 Å². The molecule has 0 unspecified atom stereocenters. The summed E-state index contributed by atoms with van der Waals surface area (Å²) in [5, 5.41) is 3.67. The summed E-state index contributed by atoms with van der Waals surface area (Å²) < 4.78 is 13.1. The van der Waals surface area contributed by atoms with Gasteiger partial charge in [-0.3, -0.25) is 9.59 Å². The second kappa shape index (κ2) is 6.69. The Hall–Kier alpha value is -2.66. The molecule has 6 heteroatoms. The van der Waals surface area contributed by atoms with Gasteiger partial charge in [-0.2, -0.15) is 0 Å². The molecule has 0 bridgehead atoms. The fourth-order valence-corrected chi connectivity index (χ4v) is 2.97. The number of hydrogen-bond donors (Lipinski definition) is 2. The van der Waals surface area contributed by atoms with Gasteiger partial charge >= 0.3 is 0 Å². The van der Waals surface area contributed by atoms with Gasteiger partial charge in [0.1, 0.15) is 5.82 Å². The number of benzene rings is 2. The van der Waals surface area contributed by atoms with Crippen LogP contribution in [0.3, 0.4) is 0 Å². The molecular weight excluding hydrogens is 343 g/mol. The number of aromatic nitrogens is 1. The molecule has 0 aliphatic heterocycles. The van der Waals surface area contributed by atoms with E-state index in [0.717, 1.165) is 17.0 Å². The van der Waals surface area contributed by atoms with Gasteiger partial charge < -0.3 is 10.3 Å². The van der Waals surface area contributed by atoms with Crippen molar-refractivity contribution in [2.24, 2.45) is 0 Å². The average molecular weight is 359 g/mol. The van der Waals surface area contributed by atoms with Crippen LogP contribution in [0.5, 0.6) is 0 Å². The van der Waals surface area contributed by atoms with Crippen LogP contribution < -0.4 is 10.9 Å². The zero-order valence-electron chi connectivity index (χ0n) is 13.7. The molecule has 0 fully saturated rings. The SMILES string of the molecule is CC(C)c1cc(=O)[nH]c2cc(NC(=O)c3ccc(F)cc3Cl)ccc12. The van der Waals surface area contributed by atoms with Crippen molar-refractivity contribution in [3.63, 3.8) is 0 Å². The van der Waals surface area contributed by atoms with E-state index in [-0.39, 0.29) is 22.1 Å². The van der Waals surface area contributed by atoms with Crippen LogP contribution in [-0.4, -0.2) is 10.9 Å². The first-order valence-corrected chi connectivity index (χ1v) is 8.16. The highest BCUT2D eigenvalue weighted by molar-refractivity contribution is 6.34. The summed E-state index contributed by atoms with van der Waals surface area (Å²) in [6, 6.07) is 10.5. The second-order valence-electron chi connectivity index (χ2n) is 6.08. The lowest BCUT2D eigenvalue weighted by molar-refractivity contribution is 0.102. The molecule has 1 amide bonds.